The number of carbonyl (C=O) groups is 1. The van der Waals surface area contributed by atoms with Crippen LogP contribution >= 0.6 is 11.6 Å². The molecule has 1 heterocycles. The maximum atomic E-state index is 14.6. The van der Waals surface area contributed by atoms with Gasteiger partial charge in [0, 0.05) is 37.4 Å². The molecule has 1 amide bonds. The number of piperazine rings is 1. The predicted octanol–water partition coefficient (Wildman–Crippen LogP) is 4.86. The van der Waals surface area contributed by atoms with Gasteiger partial charge in [0.15, 0.2) is 0 Å². The van der Waals surface area contributed by atoms with E-state index in [0.717, 1.165) is 23.4 Å². The van der Waals surface area contributed by atoms with E-state index in [1.165, 1.54) is 15.9 Å². The van der Waals surface area contributed by atoms with Crippen LogP contribution < -0.4 is 10.2 Å². The molecule has 34 heavy (non-hydrogen) atoms. The molecule has 4 rings (SSSR count). The van der Waals surface area contributed by atoms with Crippen LogP contribution in [-0.4, -0.2) is 44.8 Å². The maximum absolute atomic E-state index is 14.6. The number of para-hydroxylation sites is 1. The topological polar surface area (TPSA) is 69.7 Å². The summed E-state index contributed by atoms with van der Waals surface area (Å²) in [5.41, 5.74) is 3.80. The molecule has 9 heteroatoms. The molecule has 1 aliphatic heterocycles. The second-order valence-corrected chi connectivity index (χ2v) is 10.5. The SMILES string of the molecule is Cc1cccc(N2CCN(S(=O)(=O)c3cc(C(=O)Nc4ccccc4Cl)ccc3F)CC2)c1C. The fraction of sp³-hybridized carbons (Fsp3) is 0.240. The lowest BCUT2D eigenvalue weighted by Crippen LogP contribution is -2.49. The third-order valence-electron chi connectivity index (χ3n) is 6.09. The van der Waals surface area contributed by atoms with Crippen molar-refractivity contribution in [3.8, 4) is 0 Å². The number of rotatable bonds is 5. The van der Waals surface area contributed by atoms with E-state index in [4.69, 9.17) is 11.6 Å². The van der Waals surface area contributed by atoms with Crippen LogP contribution in [0, 0.1) is 19.7 Å². The molecule has 0 radical (unpaired) electrons. The van der Waals surface area contributed by atoms with E-state index >= 15 is 0 Å². The van der Waals surface area contributed by atoms with Gasteiger partial charge in [0.05, 0.1) is 10.7 Å². The summed E-state index contributed by atoms with van der Waals surface area (Å²) in [7, 11) is -4.13. The molecule has 1 N–H and O–H groups in total. The standard InChI is InChI=1S/C25H25ClFN3O3S/c1-17-6-5-9-23(18(17)2)29-12-14-30(15-13-29)34(32,33)24-16-19(10-11-21(24)27)25(31)28-22-8-4-3-7-20(22)26/h3-11,16H,12-15H2,1-2H3,(H,28,31). The minimum atomic E-state index is -4.13. The zero-order valence-corrected chi connectivity index (χ0v) is 20.5. The number of amides is 1. The summed E-state index contributed by atoms with van der Waals surface area (Å²) in [6.45, 7) is 5.48. The molecule has 1 fully saturated rings. The molecule has 0 aliphatic carbocycles. The Morgan fingerprint density at radius 1 is 0.971 bits per heavy atom. The number of carbonyl (C=O) groups excluding carboxylic acids is 1. The molecule has 3 aromatic carbocycles. The van der Waals surface area contributed by atoms with E-state index < -0.39 is 26.6 Å². The van der Waals surface area contributed by atoms with Gasteiger partial charge < -0.3 is 10.2 Å². The van der Waals surface area contributed by atoms with Crippen LogP contribution in [0.4, 0.5) is 15.8 Å². The fourth-order valence-corrected chi connectivity index (χ4v) is 5.68. The van der Waals surface area contributed by atoms with Gasteiger partial charge in [0.1, 0.15) is 10.7 Å². The zero-order chi connectivity index (χ0) is 24.5. The number of benzene rings is 3. The summed E-state index contributed by atoms with van der Waals surface area (Å²) in [5.74, 6) is -1.48. The first kappa shape index (κ1) is 24.2. The van der Waals surface area contributed by atoms with Crippen LogP contribution in [0.2, 0.25) is 5.02 Å². The van der Waals surface area contributed by atoms with Crippen molar-refractivity contribution in [2.24, 2.45) is 0 Å². The van der Waals surface area contributed by atoms with E-state index in [1.54, 1.807) is 24.3 Å². The Morgan fingerprint density at radius 2 is 1.68 bits per heavy atom. The normalized spacial score (nSPS) is 14.8. The third kappa shape index (κ3) is 4.80. The first-order valence-electron chi connectivity index (χ1n) is 10.9. The zero-order valence-electron chi connectivity index (χ0n) is 18.9. The van der Waals surface area contributed by atoms with Gasteiger partial charge in [-0.15, -0.1) is 0 Å². The number of hydrogen-bond donors (Lipinski definition) is 1. The van der Waals surface area contributed by atoms with Gasteiger partial charge in [-0.1, -0.05) is 35.9 Å². The Kier molecular flexibility index (Phi) is 6.93. The van der Waals surface area contributed by atoms with Crippen molar-refractivity contribution in [3.63, 3.8) is 0 Å². The molecule has 0 atom stereocenters. The highest BCUT2D eigenvalue weighted by atomic mass is 35.5. The number of halogens is 2. The lowest BCUT2D eigenvalue weighted by atomic mass is 10.1. The Hall–Kier alpha value is -2.94. The molecular weight excluding hydrogens is 477 g/mol. The minimum Gasteiger partial charge on any atom is -0.369 e. The van der Waals surface area contributed by atoms with Crippen LogP contribution in [0.3, 0.4) is 0 Å². The lowest BCUT2D eigenvalue weighted by molar-refractivity contribution is 0.102. The van der Waals surface area contributed by atoms with Gasteiger partial charge in [0.25, 0.3) is 5.91 Å². The highest BCUT2D eigenvalue weighted by Crippen LogP contribution is 2.27. The van der Waals surface area contributed by atoms with Crippen molar-refractivity contribution in [2.75, 3.05) is 36.4 Å². The van der Waals surface area contributed by atoms with E-state index in [-0.39, 0.29) is 18.7 Å². The quantitative estimate of drug-likeness (QED) is 0.542. The second kappa shape index (κ2) is 9.74. The molecule has 6 nitrogen and oxygen atoms in total. The molecule has 1 aliphatic rings. The van der Waals surface area contributed by atoms with Crippen LogP contribution in [0.5, 0.6) is 0 Å². The molecule has 178 valence electrons. The summed E-state index contributed by atoms with van der Waals surface area (Å²) < 4.78 is 42.5. The molecule has 1 saturated heterocycles. The number of anilines is 2. The van der Waals surface area contributed by atoms with Gasteiger partial charge in [-0.3, -0.25) is 4.79 Å². The molecule has 3 aromatic rings. The summed E-state index contributed by atoms with van der Waals surface area (Å²) in [4.78, 5) is 14.3. The van der Waals surface area contributed by atoms with Gasteiger partial charge in [-0.25, -0.2) is 12.8 Å². The van der Waals surface area contributed by atoms with Gasteiger partial charge in [0.2, 0.25) is 10.0 Å². The molecular formula is C25H25ClFN3O3S. The average Bonchev–Trinajstić information content (AvgIpc) is 2.82. The number of hydrogen-bond acceptors (Lipinski definition) is 4. The highest BCUT2D eigenvalue weighted by molar-refractivity contribution is 7.89. The summed E-state index contributed by atoms with van der Waals surface area (Å²) in [5, 5.41) is 2.97. The number of sulfonamides is 1. The largest absolute Gasteiger partial charge is 0.369 e. The van der Waals surface area contributed by atoms with E-state index in [1.807, 2.05) is 32.0 Å². The molecule has 0 spiro atoms. The number of nitrogens with one attached hydrogen (secondary N) is 1. The molecule has 0 aromatic heterocycles. The average molecular weight is 502 g/mol. The molecule has 0 bridgehead atoms. The van der Waals surface area contributed by atoms with Gasteiger partial charge in [-0.05, 0) is 61.4 Å². The third-order valence-corrected chi connectivity index (χ3v) is 8.33. The van der Waals surface area contributed by atoms with E-state index in [0.29, 0.717) is 23.8 Å². The lowest BCUT2D eigenvalue weighted by Gasteiger charge is -2.36. The van der Waals surface area contributed by atoms with Crippen molar-refractivity contribution in [1.82, 2.24) is 4.31 Å². The highest BCUT2D eigenvalue weighted by Gasteiger charge is 2.32. The van der Waals surface area contributed by atoms with Crippen LogP contribution in [0.25, 0.3) is 0 Å². The monoisotopic (exact) mass is 501 g/mol. The number of nitrogens with zero attached hydrogens (tertiary/aromatic N) is 2. The smallest absolute Gasteiger partial charge is 0.255 e. The van der Waals surface area contributed by atoms with Crippen LogP contribution in [0.15, 0.2) is 65.6 Å². The first-order valence-corrected chi connectivity index (χ1v) is 12.7. The van der Waals surface area contributed by atoms with E-state index in [2.05, 4.69) is 10.2 Å². The predicted molar refractivity (Wildman–Crippen MR) is 133 cm³/mol. The van der Waals surface area contributed by atoms with Crippen LogP contribution in [0.1, 0.15) is 21.5 Å². The Bertz CT molecular complexity index is 1340. The van der Waals surface area contributed by atoms with Gasteiger partial charge >= 0.3 is 0 Å². The number of aryl methyl sites for hydroxylation is 1. The van der Waals surface area contributed by atoms with Crippen molar-refractivity contribution < 1.29 is 17.6 Å². The second-order valence-electron chi connectivity index (χ2n) is 8.19. The van der Waals surface area contributed by atoms with Crippen molar-refractivity contribution >= 4 is 38.9 Å². The van der Waals surface area contributed by atoms with E-state index in [9.17, 15) is 17.6 Å². The maximum Gasteiger partial charge on any atom is 0.255 e. The fourth-order valence-electron chi connectivity index (χ4n) is 3.99. The minimum absolute atomic E-state index is 0.0221. The summed E-state index contributed by atoms with van der Waals surface area (Å²) in [6, 6.07) is 16.0. The van der Waals surface area contributed by atoms with Crippen molar-refractivity contribution in [1.29, 1.82) is 0 Å². The Morgan fingerprint density at radius 3 is 2.38 bits per heavy atom. The van der Waals surface area contributed by atoms with Gasteiger partial charge in [-0.2, -0.15) is 4.31 Å². The Balaban J connectivity index is 1.53. The molecule has 0 saturated carbocycles. The first-order chi connectivity index (χ1) is 16.2. The van der Waals surface area contributed by atoms with Crippen LogP contribution in [-0.2, 0) is 10.0 Å². The van der Waals surface area contributed by atoms with Crippen molar-refractivity contribution in [3.05, 3.63) is 88.2 Å². The Labute approximate surface area is 204 Å². The molecule has 0 unspecified atom stereocenters. The summed E-state index contributed by atoms with van der Waals surface area (Å²) >= 11 is 6.08. The van der Waals surface area contributed by atoms with Crippen molar-refractivity contribution in [2.45, 2.75) is 18.7 Å². The summed E-state index contributed by atoms with van der Waals surface area (Å²) in [6.07, 6.45) is 0.